The van der Waals surface area contributed by atoms with Crippen LogP contribution in [0.15, 0.2) is 27.6 Å². The molecule has 1 aliphatic carbocycles. The van der Waals surface area contributed by atoms with Gasteiger partial charge in [-0.2, -0.15) is 0 Å². The molecule has 0 aliphatic heterocycles. The number of aliphatic hydroxyl groups is 1. The highest BCUT2D eigenvalue weighted by Gasteiger charge is 2.37. The van der Waals surface area contributed by atoms with Crippen molar-refractivity contribution in [3.05, 3.63) is 27.7 Å². The highest BCUT2D eigenvalue weighted by molar-refractivity contribution is 9.10. The van der Waals surface area contributed by atoms with E-state index in [2.05, 4.69) is 27.6 Å². The van der Waals surface area contributed by atoms with Crippen LogP contribution in [0.5, 0.6) is 0 Å². The van der Waals surface area contributed by atoms with Crippen LogP contribution < -0.4 is 4.72 Å². The third-order valence-electron chi connectivity index (χ3n) is 4.09. The average Bonchev–Trinajstić information content (AvgIpc) is 2.44. The van der Waals surface area contributed by atoms with Gasteiger partial charge in [0.25, 0.3) is 0 Å². The highest BCUT2D eigenvalue weighted by atomic mass is 79.9. The second-order valence-electron chi connectivity index (χ2n) is 5.80. The maximum Gasteiger partial charge on any atom is 0.241 e. The number of nitrogens with one attached hydrogen (secondary N) is 1. The maximum absolute atomic E-state index is 12.5. The van der Waals surface area contributed by atoms with Gasteiger partial charge >= 0.3 is 0 Å². The molecule has 118 valence electrons. The van der Waals surface area contributed by atoms with Crippen molar-refractivity contribution in [3.63, 3.8) is 0 Å². The summed E-state index contributed by atoms with van der Waals surface area (Å²) >= 11 is 9.12. The first-order chi connectivity index (χ1) is 9.78. The molecule has 1 saturated carbocycles. The normalized spacial score (nSPS) is 26.8. The maximum atomic E-state index is 12.5. The minimum Gasteiger partial charge on any atom is -0.394 e. The van der Waals surface area contributed by atoms with Crippen molar-refractivity contribution >= 4 is 37.6 Å². The van der Waals surface area contributed by atoms with Crippen LogP contribution in [-0.4, -0.2) is 25.7 Å². The molecule has 1 fully saturated rings. The van der Waals surface area contributed by atoms with E-state index >= 15 is 0 Å². The number of benzene rings is 1. The molecular formula is C14H19BrClNO3S. The Morgan fingerprint density at radius 2 is 2.05 bits per heavy atom. The van der Waals surface area contributed by atoms with E-state index in [1.807, 2.05) is 0 Å². The standard InChI is InChI=1S/C14H19BrClNO3S/c1-10-4-6-14(9-18,7-5-10)17-21(19,20)11-2-3-13(16)12(15)8-11/h2-3,8,10,17-18H,4-7,9H2,1H3. The largest absolute Gasteiger partial charge is 0.394 e. The zero-order valence-electron chi connectivity index (χ0n) is 11.8. The first kappa shape index (κ1) is 17.2. The summed E-state index contributed by atoms with van der Waals surface area (Å²) in [4.78, 5) is 0.144. The van der Waals surface area contributed by atoms with Crippen LogP contribution >= 0.6 is 27.5 Å². The third-order valence-corrected chi connectivity index (χ3v) is 6.88. The Hall–Kier alpha value is -0.140. The van der Waals surface area contributed by atoms with Gasteiger partial charge in [-0.25, -0.2) is 13.1 Å². The van der Waals surface area contributed by atoms with E-state index in [1.54, 1.807) is 0 Å². The van der Waals surface area contributed by atoms with Crippen molar-refractivity contribution in [2.24, 2.45) is 5.92 Å². The van der Waals surface area contributed by atoms with Crippen LogP contribution in [0.1, 0.15) is 32.6 Å². The smallest absolute Gasteiger partial charge is 0.241 e. The first-order valence-electron chi connectivity index (χ1n) is 6.88. The number of aliphatic hydroxyl groups excluding tert-OH is 1. The van der Waals surface area contributed by atoms with Gasteiger partial charge < -0.3 is 5.11 Å². The van der Waals surface area contributed by atoms with E-state index < -0.39 is 15.6 Å². The predicted octanol–water partition coefficient (Wildman–Crippen LogP) is 3.32. The van der Waals surface area contributed by atoms with Crippen LogP contribution in [0.2, 0.25) is 5.02 Å². The quantitative estimate of drug-likeness (QED) is 0.820. The molecule has 0 amide bonds. The Labute approximate surface area is 139 Å². The van der Waals surface area contributed by atoms with Gasteiger partial charge in [-0.05, 0) is 65.7 Å². The molecule has 0 heterocycles. The second-order valence-corrected chi connectivity index (χ2v) is 8.75. The molecule has 7 heteroatoms. The minimum absolute atomic E-state index is 0.144. The van der Waals surface area contributed by atoms with E-state index in [1.165, 1.54) is 18.2 Å². The van der Waals surface area contributed by atoms with Crippen LogP contribution in [0.25, 0.3) is 0 Å². The van der Waals surface area contributed by atoms with Gasteiger partial charge in [0.2, 0.25) is 10.0 Å². The Morgan fingerprint density at radius 1 is 1.43 bits per heavy atom. The molecule has 0 spiro atoms. The molecule has 21 heavy (non-hydrogen) atoms. The lowest BCUT2D eigenvalue weighted by molar-refractivity contribution is 0.125. The average molecular weight is 397 g/mol. The summed E-state index contributed by atoms with van der Waals surface area (Å²) in [6.07, 6.45) is 3.12. The number of rotatable bonds is 4. The molecule has 0 atom stereocenters. The molecule has 2 N–H and O–H groups in total. The van der Waals surface area contributed by atoms with Gasteiger partial charge in [-0.1, -0.05) is 18.5 Å². The van der Waals surface area contributed by atoms with Crippen LogP contribution in [0.3, 0.4) is 0 Å². The predicted molar refractivity (Wildman–Crippen MR) is 86.9 cm³/mol. The van der Waals surface area contributed by atoms with E-state index in [9.17, 15) is 13.5 Å². The molecule has 0 aromatic heterocycles. The Morgan fingerprint density at radius 3 is 2.57 bits per heavy atom. The fourth-order valence-electron chi connectivity index (χ4n) is 2.60. The highest BCUT2D eigenvalue weighted by Crippen LogP contribution is 2.33. The molecule has 0 saturated heterocycles. The summed E-state index contributed by atoms with van der Waals surface area (Å²) in [5, 5.41) is 10.1. The van der Waals surface area contributed by atoms with Crippen molar-refractivity contribution in [1.82, 2.24) is 4.72 Å². The Kier molecular flexibility index (Phi) is 5.36. The molecule has 0 radical (unpaired) electrons. The summed E-state index contributed by atoms with van der Waals surface area (Å²) < 4.78 is 28.3. The van der Waals surface area contributed by atoms with E-state index in [0.717, 1.165) is 12.8 Å². The van der Waals surface area contributed by atoms with Gasteiger partial charge in [0.15, 0.2) is 0 Å². The minimum atomic E-state index is -3.69. The summed E-state index contributed by atoms with van der Waals surface area (Å²) in [6, 6.07) is 4.47. The zero-order valence-corrected chi connectivity index (χ0v) is 14.9. The molecular weight excluding hydrogens is 378 g/mol. The van der Waals surface area contributed by atoms with E-state index in [0.29, 0.717) is 28.3 Å². The van der Waals surface area contributed by atoms with Gasteiger partial charge in [0.05, 0.1) is 22.1 Å². The van der Waals surface area contributed by atoms with Crippen molar-refractivity contribution in [3.8, 4) is 0 Å². The number of halogens is 2. The monoisotopic (exact) mass is 395 g/mol. The van der Waals surface area contributed by atoms with Crippen LogP contribution in [0.4, 0.5) is 0 Å². The van der Waals surface area contributed by atoms with Crippen LogP contribution in [0, 0.1) is 5.92 Å². The lowest BCUT2D eigenvalue weighted by Crippen LogP contribution is -2.53. The SMILES string of the molecule is CC1CCC(CO)(NS(=O)(=O)c2ccc(Cl)c(Br)c2)CC1. The molecule has 1 aromatic carbocycles. The Bertz CT molecular complexity index is 613. The van der Waals surface area contributed by atoms with Crippen molar-refractivity contribution in [1.29, 1.82) is 0 Å². The second kappa shape index (κ2) is 6.54. The summed E-state index contributed by atoms with van der Waals surface area (Å²) in [5.41, 5.74) is -0.753. The fraction of sp³-hybridized carbons (Fsp3) is 0.571. The van der Waals surface area contributed by atoms with Crippen molar-refractivity contribution in [2.75, 3.05) is 6.61 Å². The number of hydrogen-bond acceptors (Lipinski definition) is 3. The topological polar surface area (TPSA) is 66.4 Å². The molecule has 0 bridgehead atoms. The molecule has 4 nitrogen and oxygen atoms in total. The molecule has 2 rings (SSSR count). The number of hydrogen-bond donors (Lipinski definition) is 2. The number of sulfonamides is 1. The lowest BCUT2D eigenvalue weighted by Gasteiger charge is -2.38. The molecule has 0 unspecified atom stereocenters. The van der Waals surface area contributed by atoms with Crippen molar-refractivity contribution in [2.45, 2.75) is 43.0 Å². The van der Waals surface area contributed by atoms with E-state index in [-0.39, 0.29) is 11.5 Å². The summed E-state index contributed by atoms with van der Waals surface area (Å²) in [5.74, 6) is 0.568. The lowest BCUT2D eigenvalue weighted by atomic mass is 9.78. The van der Waals surface area contributed by atoms with Gasteiger partial charge in [-0.15, -0.1) is 0 Å². The van der Waals surface area contributed by atoms with Crippen molar-refractivity contribution < 1.29 is 13.5 Å². The first-order valence-corrected chi connectivity index (χ1v) is 9.53. The van der Waals surface area contributed by atoms with Crippen LogP contribution in [-0.2, 0) is 10.0 Å². The van der Waals surface area contributed by atoms with Gasteiger partial charge in [-0.3, -0.25) is 0 Å². The van der Waals surface area contributed by atoms with Gasteiger partial charge in [0, 0.05) is 4.47 Å². The van der Waals surface area contributed by atoms with Gasteiger partial charge in [0.1, 0.15) is 0 Å². The fourth-order valence-corrected chi connectivity index (χ4v) is 4.72. The summed E-state index contributed by atoms with van der Waals surface area (Å²) in [6.45, 7) is 1.96. The Balaban J connectivity index is 2.25. The summed E-state index contributed by atoms with van der Waals surface area (Å²) in [7, 11) is -3.69. The third kappa shape index (κ3) is 3.99. The molecule has 1 aliphatic rings. The van der Waals surface area contributed by atoms with E-state index in [4.69, 9.17) is 11.6 Å². The molecule has 1 aromatic rings. The zero-order chi connectivity index (χ0) is 15.7.